The average molecular weight is 178 g/mol. The van der Waals surface area contributed by atoms with Gasteiger partial charge in [0.25, 0.3) is 0 Å². The molecule has 2 aliphatic rings. The van der Waals surface area contributed by atoms with Crippen molar-refractivity contribution >= 4 is 0 Å². The molecule has 2 aliphatic carbocycles. The Morgan fingerprint density at radius 1 is 0.923 bits per heavy atom. The molecule has 0 aromatic rings. The Kier molecular flexibility index (Phi) is 3.46. The van der Waals surface area contributed by atoms with E-state index < -0.39 is 0 Å². The van der Waals surface area contributed by atoms with E-state index in [1.165, 1.54) is 57.8 Å². The summed E-state index contributed by atoms with van der Waals surface area (Å²) in [5.41, 5.74) is 0. The lowest BCUT2D eigenvalue weighted by Crippen LogP contribution is -2.03. The number of hydrogen-bond donors (Lipinski definition) is 0. The SMILES string of the molecule is C1=CC(CCC2CCCC2)CCC1. The molecule has 0 heteroatoms. The van der Waals surface area contributed by atoms with E-state index in [0.29, 0.717) is 0 Å². The van der Waals surface area contributed by atoms with E-state index in [-0.39, 0.29) is 0 Å². The summed E-state index contributed by atoms with van der Waals surface area (Å²) in [6.45, 7) is 0. The minimum Gasteiger partial charge on any atom is -0.0883 e. The van der Waals surface area contributed by atoms with E-state index in [0.717, 1.165) is 11.8 Å². The summed E-state index contributed by atoms with van der Waals surface area (Å²) in [4.78, 5) is 0. The second-order valence-electron chi connectivity index (χ2n) is 4.85. The fourth-order valence-electron chi connectivity index (χ4n) is 2.87. The maximum absolute atomic E-state index is 2.47. The van der Waals surface area contributed by atoms with Gasteiger partial charge in [-0.15, -0.1) is 0 Å². The molecule has 0 amide bonds. The molecule has 0 aromatic carbocycles. The number of rotatable bonds is 3. The van der Waals surface area contributed by atoms with Crippen LogP contribution in [0.4, 0.5) is 0 Å². The Bertz CT molecular complexity index is 163. The fraction of sp³-hybridized carbons (Fsp3) is 0.846. The maximum Gasteiger partial charge on any atom is -0.0233 e. The highest BCUT2D eigenvalue weighted by atomic mass is 14.2. The van der Waals surface area contributed by atoms with Gasteiger partial charge < -0.3 is 0 Å². The zero-order valence-electron chi connectivity index (χ0n) is 8.67. The van der Waals surface area contributed by atoms with Crippen molar-refractivity contribution < 1.29 is 0 Å². The molecular weight excluding hydrogens is 156 g/mol. The zero-order chi connectivity index (χ0) is 8.93. The molecule has 1 atom stereocenters. The first-order chi connectivity index (χ1) is 6.45. The van der Waals surface area contributed by atoms with Crippen molar-refractivity contribution in [1.29, 1.82) is 0 Å². The molecule has 1 fully saturated rings. The van der Waals surface area contributed by atoms with Gasteiger partial charge in [-0.2, -0.15) is 0 Å². The summed E-state index contributed by atoms with van der Waals surface area (Å²) in [6.07, 6.45) is 18.1. The van der Waals surface area contributed by atoms with Gasteiger partial charge in [0.2, 0.25) is 0 Å². The molecule has 13 heavy (non-hydrogen) atoms. The molecule has 1 saturated carbocycles. The van der Waals surface area contributed by atoms with Gasteiger partial charge in [-0.1, -0.05) is 37.8 Å². The van der Waals surface area contributed by atoms with Gasteiger partial charge in [-0.25, -0.2) is 0 Å². The lowest BCUT2D eigenvalue weighted by atomic mass is 9.88. The van der Waals surface area contributed by atoms with Crippen LogP contribution in [0.5, 0.6) is 0 Å². The second kappa shape index (κ2) is 4.83. The first-order valence-electron chi connectivity index (χ1n) is 6.12. The van der Waals surface area contributed by atoms with Gasteiger partial charge in [0.15, 0.2) is 0 Å². The molecule has 0 heterocycles. The molecule has 0 N–H and O–H groups in total. The molecule has 74 valence electrons. The van der Waals surface area contributed by atoms with E-state index in [1.54, 1.807) is 0 Å². The van der Waals surface area contributed by atoms with E-state index in [1.807, 2.05) is 0 Å². The van der Waals surface area contributed by atoms with E-state index in [4.69, 9.17) is 0 Å². The lowest BCUT2D eigenvalue weighted by molar-refractivity contribution is 0.412. The molecule has 0 nitrogen and oxygen atoms in total. The Morgan fingerprint density at radius 2 is 1.77 bits per heavy atom. The molecule has 2 rings (SSSR count). The van der Waals surface area contributed by atoms with Crippen LogP contribution >= 0.6 is 0 Å². The van der Waals surface area contributed by atoms with Crippen molar-refractivity contribution in [2.24, 2.45) is 11.8 Å². The second-order valence-corrected chi connectivity index (χ2v) is 4.85. The number of hydrogen-bond acceptors (Lipinski definition) is 0. The molecule has 0 bridgehead atoms. The molecule has 0 radical (unpaired) electrons. The van der Waals surface area contributed by atoms with Crippen LogP contribution in [0, 0.1) is 11.8 Å². The number of allylic oxidation sites excluding steroid dienone is 2. The van der Waals surface area contributed by atoms with Gasteiger partial charge >= 0.3 is 0 Å². The zero-order valence-corrected chi connectivity index (χ0v) is 8.67. The Hall–Kier alpha value is -0.260. The Balaban J connectivity index is 1.66. The van der Waals surface area contributed by atoms with E-state index >= 15 is 0 Å². The van der Waals surface area contributed by atoms with Crippen molar-refractivity contribution in [1.82, 2.24) is 0 Å². The molecule has 0 aromatic heterocycles. The van der Waals surface area contributed by atoms with Crippen LogP contribution in [0.3, 0.4) is 0 Å². The first-order valence-corrected chi connectivity index (χ1v) is 6.12. The fourth-order valence-corrected chi connectivity index (χ4v) is 2.87. The minimum absolute atomic E-state index is 0.939. The van der Waals surface area contributed by atoms with Crippen LogP contribution in [0.25, 0.3) is 0 Å². The van der Waals surface area contributed by atoms with Crippen molar-refractivity contribution in [3.63, 3.8) is 0 Å². The van der Waals surface area contributed by atoms with Crippen LogP contribution < -0.4 is 0 Å². The smallest absolute Gasteiger partial charge is 0.0233 e. The third-order valence-electron chi connectivity index (χ3n) is 3.77. The van der Waals surface area contributed by atoms with Crippen LogP contribution in [0.2, 0.25) is 0 Å². The van der Waals surface area contributed by atoms with Crippen molar-refractivity contribution in [2.45, 2.75) is 57.8 Å². The predicted molar refractivity (Wildman–Crippen MR) is 57.7 cm³/mol. The van der Waals surface area contributed by atoms with Gasteiger partial charge in [0.1, 0.15) is 0 Å². The minimum atomic E-state index is 0.939. The van der Waals surface area contributed by atoms with Gasteiger partial charge in [0.05, 0.1) is 0 Å². The third kappa shape index (κ3) is 2.86. The summed E-state index contributed by atoms with van der Waals surface area (Å²) < 4.78 is 0. The highest BCUT2D eigenvalue weighted by Gasteiger charge is 2.16. The van der Waals surface area contributed by atoms with Gasteiger partial charge in [-0.3, -0.25) is 0 Å². The predicted octanol–water partition coefficient (Wildman–Crippen LogP) is 4.31. The summed E-state index contributed by atoms with van der Waals surface area (Å²) in [6, 6.07) is 0. The van der Waals surface area contributed by atoms with Gasteiger partial charge in [0, 0.05) is 0 Å². The Morgan fingerprint density at radius 3 is 2.46 bits per heavy atom. The van der Waals surface area contributed by atoms with E-state index in [9.17, 15) is 0 Å². The monoisotopic (exact) mass is 178 g/mol. The maximum atomic E-state index is 2.47. The lowest BCUT2D eigenvalue weighted by Gasteiger charge is -2.18. The van der Waals surface area contributed by atoms with Crippen molar-refractivity contribution in [3.05, 3.63) is 12.2 Å². The molecular formula is C13H22. The normalized spacial score (nSPS) is 29.7. The third-order valence-corrected chi connectivity index (χ3v) is 3.77. The molecule has 0 spiro atoms. The first kappa shape index (κ1) is 9.30. The summed E-state index contributed by atoms with van der Waals surface area (Å²) in [7, 11) is 0. The standard InChI is InChI=1S/C13H22/c1-2-6-12(7-3-1)10-11-13-8-4-5-9-13/h2,6,12-13H,1,3-5,7-11H2. The van der Waals surface area contributed by atoms with E-state index in [2.05, 4.69) is 12.2 Å². The largest absolute Gasteiger partial charge is 0.0883 e. The van der Waals surface area contributed by atoms with Crippen molar-refractivity contribution in [3.8, 4) is 0 Å². The van der Waals surface area contributed by atoms with Crippen molar-refractivity contribution in [2.75, 3.05) is 0 Å². The molecule has 0 saturated heterocycles. The summed E-state index contributed by atoms with van der Waals surface area (Å²) in [5, 5.41) is 0. The highest BCUT2D eigenvalue weighted by Crippen LogP contribution is 2.31. The highest BCUT2D eigenvalue weighted by molar-refractivity contribution is 4.93. The Labute approximate surface area is 82.4 Å². The topological polar surface area (TPSA) is 0 Å². The van der Waals surface area contributed by atoms with Crippen LogP contribution in [-0.4, -0.2) is 0 Å². The average Bonchev–Trinajstić information content (AvgIpc) is 2.69. The molecule has 0 aliphatic heterocycles. The van der Waals surface area contributed by atoms with Crippen LogP contribution in [0.15, 0.2) is 12.2 Å². The molecule has 1 unspecified atom stereocenters. The van der Waals surface area contributed by atoms with Gasteiger partial charge in [-0.05, 0) is 43.9 Å². The summed E-state index contributed by atoms with van der Waals surface area (Å²) >= 11 is 0. The van der Waals surface area contributed by atoms with Crippen LogP contribution in [-0.2, 0) is 0 Å². The quantitative estimate of drug-likeness (QED) is 0.565. The summed E-state index contributed by atoms with van der Waals surface area (Å²) in [5.74, 6) is 2.03. The van der Waals surface area contributed by atoms with Crippen LogP contribution in [0.1, 0.15) is 57.8 Å².